The number of rotatable bonds is 4. The van der Waals surface area contributed by atoms with E-state index in [1.165, 1.54) is 51.6 Å². The molecule has 0 aromatic heterocycles. The van der Waals surface area contributed by atoms with Gasteiger partial charge in [0, 0.05) is 0 Å². The van der Waals surface area contributed by atoms with Crippen molar-refractivity contribution in [1.82, 2.24) is 10.6 Å². The van der Waals surface area contributed by atoms with Crippen molar-refractivity contribution in [3.05, 3.63) is 0 Å². The lowest BCUT2D eigenvalue weighted by atomic mass is 9.77. The van der Waals surface area contributed by atoms with Gasteiger partial charge >= 0.3 is 0 Å². The van der Waals surface area contributed by atoms with E-state index in [-0.39, 0.29) is 0 Å². The zero-order valence-electron chi connectivity index (χ0n) is 11.0. The highest BCUT2D eigenvalue weighted by Crippen LogP contribution is 2.43. The smallest absolute Gasteiger partial charge is 0.00208 e. The Labute approximate surface area is 101 Å². The van der Waals surface area contributed by atoms with Gasteiger partial charge in [0.1, 0.15) is 0 Å². The summed E-state index contributed by atoms with van der Waals surface area (Å²) in [5.74, 6) is 3.90. The van der Waals surface area contributed by atoms with E-state index >= 15 is 0 Å². The maximum atomic E-state index is 3.41. The van der Waals surface area contributed by atoms with Crippen LogP contribution in [0.25, 0.3) is 0 Å². The van der Waals surface area contributed by atoms with Gasteiger partial charge in [0.15, 0.2) is 0 Å². The van der Waals surface area contributed by atoms with Gasteiger partial charge in [0.2, 0.25) is 0 Å². The van der Waals surface area contributed by atoms with Crippen LogP contribution in [0.2, 0.25) is 0 Å². The van der Waals surface area contributed by atoms with Crippen LogP contribution in [0.1, 0.15) is 38.5 Å². The van der Waals surface area contributed by atoms with E-state index < -0.39 is 0 Å². The Balaban J connectivity index is 2.04. The summed E-state index contributed by atoms with van der Waals surface area (Å²) in [5.41, 5.74) is 0. The van der Waals surface area contributed by atoms with Crippen molar-refractivity contribution in [3.8, 4) is 0 Å². The van der Waals surface area contributed by atoms with Crippen LogP contribution in [-0.4, -0.2) is 27.2 Å². The van der Waals surface area contributed by atoms with E-state index in [0.717, 1.165) is 23.7 Å². The van der Waals surface area contributed by atoms with Crippen LogP contribution in [0.5, 0.6) is 0 Å². The second-order valence-electron chi connectivity index (χ2n) is 5.90. The largest absolute Gasteiger partial charge is 0.319 e. The summed E-state index contributed by atoms with van der Waals surface area (Å²) >= 11 is 0. The van der Waals surface area contributed by atoms with Crippen molar-refractivity contribution >= 4 is 0 Å². The number of hydrogen-bond donors (Lipinski definition) is 2. The molecular formula is C14H28N2. The van der Waals surface area contributed by atoms with Gasteiger partial charge in [0.25, 0.3) is 0 Å². The molecule has 2 fully saturated rings. The molecule has 0 radical (unpaired) electrons. The average Bonchev–Trinajstić information content (AvgIpc) is 2.58. The van der Waals surface area contributed by atoms with Gasteiger partial charge in [-0.15, -0.1) is 0 Å². The third kappa shape index (κ3) is 2.78. The van der Waals surface area contributed by atoms with Crippen LogP contribution in [0.3, 0.4) is 0 Å². The molecule has 2 aliphatic rings. The molecule has 16 heavy (non-hydrogen) atoms. The highest BCUT2D eigenvalue weighted by Gasteiger charge is 2.35. The average molecular weight is 224 g/mol. The van der Waals surface area contributed by atoms with E-state index in [1.807, 2.05) is 0 Å². The molecule has 4 atom stereocenters. The number of hydrogen-bond acceptors (Lipinski definition) is 2. The number of fused-ring (bicyclic) bond motifs is 3. The van der Waals surface area contributed by atoms with Gasteiger partial charge < -0.3 is 10.6 Å². The van der Waals surface area contributed by atoms with Crippen molar-refractivity contribution < 1.29 is 0 Å². The van der Waals surface area contributed by atoms with E-state index in [0.29, 0.717) is 0 Å². The topological polar surface area (TPSA) is 24.1 Å². The minimum absolute atomic E-state index is 0.939. The molecule has 0 heterocycles. The zero-order chi connectivity index (χ0) is 11.4. The van der Waals surface area contributed by atoms with Gasteiger partial charge in [-0.05, 0) is 70.1 Å². The molecule has 94 valence electrons. The van der Waals surface area contributed by atoms with Crippen molar-refractivity contribution in [1.29, 1.82) is 0 Å². The Kier molecular flexibility index (Phi) is 4.66. The lowest BCUT2D eigenvalue weighted by Crippen LogP contribution is -2.32. The Morgan fingerprint density at radius 1 is 0.812 bits per heavy atom. The maximum absolute atomic E-state index is 3.41. The van der Waals surface area contributed by atoms with Gasteiger partial charge in [-0.25, -0.2) is 0 Å². The second kappa shape index (κ2) is 6.02. The second-order valence-corrected chi connectivity index (χ2v) is 5.90. The van der Waals surface area contributed by atoms with Gasteiger partial charge in [0.05, 0.1) is 0 Å². The SMILES string of the molecule is CNCC1CC(CNC)C2CCCC1CC2. The fourth-order valence-electron chi connectivity index (χ4n) is 4.10. The van der Waals surface area contributed by atoms with Crippen LogP contribution in [-0.2, 0) is 0 Å². The monoisotopic (exact) mass is 224 g/mol. The molecular weight excluding hydrogens is 196 g/mol. The van der Waals surface area contributed by atoms with Crippen LogP contribution >= 0.6 is 0 Å². The lowest BCUT2D eigenvalue weighted by molar-refractivity contribution is 0.212. The summed E-state index contributed by atoms with van der Waals surface area (Å²) in [6, 6.07) is 0. The summed E-state index contributed by atoms with van der Waals surface area (Å²) < 4.78 is 0. The molecule has 2 bridgehead atoms. The predicted molar refractivity (Wildman–Crippen MR) is 69.5 cm³/mol. The molecule has 2 aliphatic carbocycles. The molecule has 2 rings (SSSR count). The van der Waals surface area contributed by atoms with Gasteiger partial charge in [-0.2, -0.15) is 0 Å². The first-order valence-corrected chi connectivity index (χ1v) is 7.14. The van der Waals surface area contributed by atoms with E-state index in [1.54, 1.807) is 0 Å². The van der Waals surface area contributed by atoms with Crippen molar-refractivity contribution in [3.63, 3.8) is 0 Å². The van der Waals surface area contributed by atoms with Gasteiger partial charge in [-0.3, -0.25) is 0 Å². The summed E-state index contributed by atoms with van der Waals surface area (Å²) in [5, 5.41) is 6.82. The van der Waals surface area contributed by atoms with E-state index in [4.69, 9.17) is 0 Å². The van der Waals surface area contributed by atoms with Crippen LogP contribution in [0, 0.1) is 23.7 Å². The van der Waals surface area contributed by atoms with Crippen LogP contribution < -0.4 is 10.6 Å². The molecule has 0 amide bonds. The first-order valence-electron chi connectivity index (χ1n) is 7.14. The van der Waals surface area contributed by atoms with Gasteiger partial charge in [-0.1, -0.05) is 19.3 Å². The Morgan fingerprint density at radius 3 is 1.75 bits per heavy atom. The molecule has 2 heteroatoms. The highest BCUT2D eigenvalue weighted by molar-refractivity contribution is 4.87. The third-order valence-corrected chi connectivity index (χ3v) is 4.93. The molecule has 4 unspecified atom stereocenters. The molecule has 2 nitrogen and oxygen atoms in total. The Hall–Kier alpha value is -0.0800. The minimum atomic E-state index is 0.939. The minimum Gasteiger partial charge on any atom is -0.319 e. The van der Waals surface area contributed by atoms with E-state index in [2.05, 4.69) is 24.7 Å². The predicted octanol–water partition coefficient (Wildman–Crippen LogP) is 2.26. The fraction of sp³-hybridized carbons (Fsp3) is 1.00. The van der Waals surface area contributed by atoms with Crippen molar-refractivity contribution in [2.75, 3.05) is 27.2 Å². The molecule has 0 spiro atoms. The van der Waals surface area contributed by atoms with Crippen LogP contribution in [0.15, 0.2) is 0 Å². The highest BCUT2D eigenvalue weighted by atomic mass is 14.8. The van der Waals surface area contributed by atoms with Crippen LogP contribution in [0.4, 0.5) is 0 Å². The van der Waals surface area contributed by atoms with Crippen molar-refractivity contribution in [2.45, 2.75) is 38.5 Å². The lowest BCUT2D eigenvalue weighted by Gasteiger charge is -2.31. The maximum Gasteiger partial charge on any atom is -0.00208 e. The molecule has 2 saturated carbocycles. The molecule has 0 saturated heterocycles. The van der Waals surface area contributed by atoms with E-state index in [9.17, 15) is 0 Å². The normalized spacial score (nSPS) is 39.4. The summed E-state index contributed by atoms with van der Waals surface area (Å²) in [6.07, 6.45) is 8.92. The molecule has 0 aliphatic heterocycles. The Morgan fingerprint density at radius 2 is 1.31 bits per heavy atom. The Bertz CT molecular complexity index is 185. The first kappa shape index (κ1) is 12.4. The zero-order valence-corrected chi connectivity index (χ0v) is 11.0. The first-order chi connectivity index (χ1) is 7.85. The summed E-state index contributed by atoms with van der Waals surface area (Å²) in [4.78, 5) is 0. The molecule has 0 aromatic carbocycles. The number of nitrogens with one attached hydrogen (secondary N) is 2. The standard InChI is InChI=1S/C14H28N2/c1-15-9-13-8-14(10-16-2)12-5-3-4-11(13)6-7-12/h11-16H,3-10H2,1-2H3. The molecule has 2 N–H and O–H groups in total. The third-order valence-electron chi connectivity index (χ3n) is 4.93. The summed E-state index contributed by atoms with van der Waals surface area (Å²) in [6.45, 7) is 2.47. The summed E-state index contributed by atoms with van der Waals surface area (Å²) in [7, 11) is 4.22. The quantitative estimate of drug-likeness (QED) is 0.765. The fourth-order valence-corrected chi connectivity index (χ4v) is 4.10. The molecule has 0 aromatic rings. The van der Waals surface area contributed by atoms with Crippen molar-refractivity contribution in [2.24, 2.45) is 23.7 Å².